The Kier molecular flexibility index (Phi) is 3.48. The molecule has 0 spiro atoms. The zero-order chi connectivity index (χ0) is 11.5. The Morgan fingerprint density at radius 1 is 1.06 bits per heavy atom. The molecule has 0 radical (unpaired) electrons. The van der Waals surface area contributed by atoms with Gasteiger partial charge >= 0.3 is 0 Å². The van der Waals surface area contributed by atoms with Gasteiger partial charge in [-0.1, -0.05) is 55.9 Å². The molecule has 0 heterocycles. The standard InChI is InChI=1S/C16H22/c1-12(2)14-8-10-16(11-9-14)15-6-4-13(3)5-7-15/h4-6,8,10-12,14-15H,7,9H2,1-3H3. The van der Waals surface area contributed by atoms with Crippen LogP contribution in [-0.2, 0) is 0 Å². The average Bonchev–Trinajstić information content (AvgIpc) is 2.30. The quantitative estimate of drug-likeness (QED) is 0.626. The van der Waals surface area contributed by atoms with Crippen LogP contribution in [0.5, 0.6) is 0 Å². The van der Waals surface area contributed by atoms with Crippen molar-refractivity contribution in [1.82, 2.24) is 0 Å². The van der Waals surface area contributed by atoms with Crippen LogP contribution < -0.4 is 0 Å². The summed E-state index contributed by atoms with van der Waals surface area (Å²) in [6, 6.07) is 0. The van der Waals surface area contributed by atoms with Crippen molar-refractivity contribution in [3.05, 3.63) is 47.6 Å². The summed E-state index contributed by atoms with van der Waals surface area (Å²) >= 11 is 0. The molecule has 0 N–H and O–H groups in total. The molecule has 2 rings (SSSR count). The highest BCUT2D eigenvalue weighted by atomic mass is 14.2. The Labute approximate surface area is 99.4 Å². The fraction of sp³-hybridized carbons (Fsp3) is 0.500. The number of hydrogen-bond acceptors (Lipinski definition) is 0. The molecule has 0 aromatic carbocycles. The normalized spacial score (nSPS) is 29.2. The SMILES string of the molecule is CC1=CCC(C2=CCC(C(C)C)C=C2)C=C1. The zero-order valence-corrected chi connectivity index (χ0v) is 10.6. The minimum absolute atomic E-state index is 0.619. The van der Waals surface area contributed by atoms with E-state index in [9.17, 15) is 0 Å². The van der Waals surface area contributed by atoms with E-state index in [1.54, 1.807) is 0 Å². The van der Waals surface area contributed by atoms with Crippen molar-refractivity contribution in [3.63, 3.8) is 0 Å². The van der Waals surface area contributed by atoms with Gasteiger partial charge in [0.25, 0.3) is 0 Å². The summed E-state index contributed by atoms with van der Waals surface area (Å²) in [5, 5.41) is 0. The van der Waals surface area contributed by atoms with E-state index in [0.29, 0.717) is 5.92 Å². The van der Waals surface area contributed by atoms with Gasteiger partial charge in [0.2, 0.25) is 0 Å². The van der Waals surface area contributed by atoms with Crippen LogP contribution in [0.4, 0.5) is 0 Å². The average molecular weight is 214 g/mol. The summed E-state index contributed by atoms with van der Waals surface area (Å²) in [6.07, 6.45) is 16.5. The summed E-state index contributed by atoms with van der Waals surface area (Å²) in [5.74, 6) is 2.12. The first kappa shape index (κ1) is 11.4. The molecule has 86 valence electrons. The van der Waals surface area contributed by atoms with E-state index >= 15 is 0 Å². The second-order valence-electron chi connectivity index (χ2n) is 5.36. The molecule has 2 atom stereocenters. The lowest BCUT2D eigenvalue weighted by atomic mass is 9.82. The van der Waals surface area contributed by atoms with E-state index in [-0.39, 0.29) is 0 Å². The monoisotopic (exact) mass is 214 g/mol. The lowest BCUT2D eigenvalue weighted by molar-refractivity contribution is 0.464. The Bertz CT molecular complexity index is 363. The summed E-state index contributed by atoms with van der Waals surface area (Å²) in [4.78, 5) is 0. The minimum Gasteiger partial charge on any atom is -0.0807 e. The highest BCUT2D eigenvalue weighted by molar-refractivity contribution is 5.34. The molecule has 2 aliphatic carbocycles. The van der Waals surface area contributed by atoms with Gasteiger partial charge in [0.1, 0.15) is 0 Å². The molecule has 0 amide bonds. The second-order valence-corrected chi connectivity index (χ2v) is 5.36. The lowest BCUT2D eigenvalue weighted by Crippen LogP contribution is -2.10. The summed E-state index contributed by atoms with van der Waals surface area (Å²) in [7, 11) is 0. The smallest absolute Gasteiger partial charge is 0.00526 e. The fourth-order valence-electron chi connectivity index (χ4n) is 2.40. The van der Waals surface area contributed by atoms with Crippen molar-refractivity contribution in [3.8, 4) is 0 Å². The van der Waals surface area contributed by atoms with Gasteiger partial charge in [0, 0.05) is 5.92 Å². The number of hydrogen-bond donors (Lipinski definition) is 0. The van der Waals surface area contributed by atoms with Crippen LogP contribution in [0, 0.1) is 17.8 Å². The van der Waals surface area contributed by atoms with Gasteiger partial charge in [-0.3, -0.25) is 0 Å². The van der Waals surface area contributed by atoms with Crippen molar-refractivity contribution in [2.24, 2.45) is 17.8 Å². The van der Waals surface area contributed by atoms with Crippen LogP contribution in [0.1, 0.15) is 33.6 Å². The van der Waals surface area contributed by atoms with Crippen LogP contribution in [0.25, 0.3) is 0 Å². The molecule has 16 heavy (non-hydrogen) atoms. The molecule has 0 aromatic heterocycles. The van der Waals surface area contributed by atoms with Crippen LogP contribution in [0.15, 0.2) is 47.6 Å². The van der Waals surface area contributed by atoms with E-state index in [1.807, 2.05) is 0 Å². The Hall–Kier alpha value is -1.04. The summed E-state index contributed by atoms with van der Waals surface area (Å²) in [5.41, 5.74) is 2.91. The highest BCUT2D eigenvalue weighted by Crippen LogP contribution is 2.30. The topological polar surface area (TPSA) is 0 Å². The molecule has 0 aliphatic heterocycles. The third-order valence-electron chi connectivity index (χ3n) is 3.73. The van der Waals surface area contributed by atoms with E-state index < -0.39 is 0 Å². The predicted octanol–water partition coefficient (Wildman–Crippen LogP) is 4.67. The molecule has 0 bridgehead atoms. The van der Waals surface area contributed by atoms with Gasteiger partial charge in [-0.25, -0.2) is 0 Å². The number of allylic oxidation sites excluding steroid dienone is 8. The van der Waals surface area contributed by atoms with Gasteiger partial charge < -0.3 is 0 Å². The van der Waals surface area contributed by atoms with E-state index in [0.717, 1.165) is 11.8 Å². The van der Waals surface area contributed by atoms with E-state index in [2.05, 4.69) is 57.2 Å². The third-order valence-corrected chi connectivity index (χ3v) is 3.73. The minimum atomic E-state index is 0.619. The molecule has 0 nitrogen and oxygen atoms in total. The van der Waals surface area contributed by atoms with E-state index in [1.165, 1.54) is 24.0 Å². The van der Waals surface area contributed by atoms with Gasteiger partial charge in [0.15, 0.2) is 0 Å². The zero-order valence-electron chi connectivity index (χ0n) is 10.6. The molecule has 2 aliphatic rings. The fourth-order valence-corrected chi connectivity index (χ4v) is 2.40. The van der Waals surface area contributed by atoms with Crippen LogP contribution in [0.3, 0.4) is 0 Å². The van der Waals surface area contributed by atoms with E-state index in [4.69, 9.17) is 0 Å². The van der Waals surface area contributed by atoms with Crippen molar-refractivity contribution < 1.29 is 0 Å². The van der Waals surface area contributed by atoms with Gasteiger partial charge in [-0.2, -0.15) is 0 Å². The van der Waals surface area contributed by atoms with Crippen molar-refractivity contribution in [2.75, 3.05) is 0 Å². The predicted molar refractivity (Wildman–Crippen MR) is 71.2 cm³/mol. The first-order chi connectivity index (χ1) is 7.66. The first-order valence-corrected chi connectivity index (χ1v) is 6.40. The molecule has 0 fully saturated rings. The maximum Gasteiger partial charge on any atom is 0.00526 e. The number of rotatable bonds is 2. The summed E-state index contributed by atoms with van der Waals surface area (Å²) < 4.78 is 0. The van der Waals surface area contributed by atoms with Gasteiger partial charge in [-0.05, 0) is 37.2 Å². The third kappa shape index (κ3) is 2.55. The molecule has 0 heteroatoms. The molecular formula is C16H22. The van der Waals surface area contributed by atoms with Crippen molar-refractivity contribution in [2.45, 2.75) is 33.6 Å². The van der Waals surface area contributed by atoms with Crippen LogP contribution in [-0.4, -0.2) is 0 Å². The Morgan fingerprint density at radius 2 is 1.88 bits per heavy atom. The first-order valence-electron chi connectivity index (χ1n) is 6.40. The van der Waals surface area contributed by atoms with Crippen LogP contribution >= 0.6 is 0 Å². The molecule has 0 aromatic rings. The molecule has 0 saturated heterocycles. The maximum absolute atomic E-state index is 2.44. The van der Waals surface area contributed by atoms with Crippen molar-refractivity contribution >= 4 is 0 Å². The molecular weight excluding hydrogens is 192 g/mol. The highest BCUT2D eigenvalue weighted by Gasteiger charge is 2.16. The van der Waals surface area contributed by atoms with Gasteiger partial charge in [0.05, 0.1) is 0 Å². The largest absolute Gasteiger partial charge is 0.0807 e. The van der Waals surface area contributed by atoms with Crippen LogP contribution in [0.2, 0.25) is 0 Å². The maximum atomic E-state index is 2.44. The molecule has 0 saturated carbocycles. The van der Waals surface area contributed by atoms with Gasteiger partial charge in [-0.15, -0.1) is 0 Å². The molecule has 2 unspecified atom stereocenters. The summed E-state index contributed by atoms with van der Waals surface area (Å²) in [6.45, 7) is 6.79. The Morgan fingerprint density at radius 3 is 2.38 bits per heavy atom. The van der Waals surface area contributed by atoms with Crippen molar-refractivity contribution in [1.29, 1.82) is 0 Å². The second kappa shape index (κ2) is 4.86. The lowest BCUT2D eigenvalue weighted by Gasteiger charge is -2.23. The Balaban J connectivity index is 1.99.